The van der Waals surface area contributed by atoms with Gasteiger partial charge < -0.3 is 15.2 Å². The van der Waals surface area contributed by atoms with Crippen LogP contribution in [0.3, 0.4) is 0 Å². The monoisotopic (exact) mass is 245 g/mol. The molecule has 2 N–H and O–H groups in total. The predicted octanol–water partition coefficient (Wildman–Crippen LogP) is 2.09. The Kier molecular flexibility index (Phi) is 7.87. The maximum absolute atomic E-state index is 10.8. The number of hydrogen-bond donors (Lipinski definition) is 2. The number of nitrogens with one attached hydrogen (secondary N) is 1. The fourth-order valence-electron chi connectivity index (χ4n) is 0.755. The van der Waals surface area contributed by atoms with Crippen molar-refractivity contribution in [3.63, 3.8) is 0 Å². The van der Waals surface area contributed by atoms with Crippen molar-refractivity contribution in [3.8, 4) is 0 Å². The molecule has 5 nitrogen and oxygen atoms in total. The lowest BCUT2D eigenvalue weighted by molar-refractivity contribution is -0.134. The molecule has 1 heterocycles. The van der Waals surface area contributed by atoms with Crippen molar-refractivity contribution in [3.05, 3.63) is 22.4 Å². The molecular formula is C10H15NO4S. The largest absolute Gasteiger partial charge is 0.481 e. The van der Waals surface area contributed by atoms with Crippen molar-refractivity contribution in [2.75, 3.05) is 6.61 Å². The van der Waals surface area contributed by atoms with E-state index < -0.39 is 5.97 Å². The van der Waals surface area contributed by atoms with E-state index in [0.29, 0.717) is 13.2 Å². The maximum Gasteiger partial charge on any atom is 0.407 e. The molecule has 0 saturated heterocycles. The van der Waals surface area contributed by atoms with Gasteiger partial charge in [-0.25, -0.2) is 4.79 Å². The van der Waals surface area contributed by atoms with Gasteiger partial charge in [-0.2, -0.15) is 0 Å². The normalized spacial score (nSPS) is 8.62. The lowest BCUT2D eigenvalue weighted by Gasteiger charge is -2.02. The first-order valence-corrected chi connectivity index (χ1v) is 5.56. The molecule has 1 aromatic rings. The van der Waals surface area contributed by atoms with Gasteiger partial charge in [0.05, 0.1) is 13.2 Å². The number of ether oxygens (including phenoxy) is 1. The Morgan fingerprint density at radius 1 is 1.56 bits per heavy atom. The molecule has 16 heavy (non-hydrogen) atoms. The molecular weight excluding hydrogens is 230 g/mol. The van der Waals surface area contributed by atoms with Crippen LogP contribution in [0.2, 0.25) is 0 Å². The third-order valence-corrected chi connectivity index (χ3v) is 2.14. The van der Waals surface area contributed by atoms with E-state index in [0.717, 1.165) is 11.8 Å². The average Bonchev–Trinajstić information content (AvgIpc) is 2.66. The van der Waals surface area contributed by atoms with Crippen molar-refractivity contribution in [2.24, 2.45) is 0 Å². The van der Waals surface area contributed by atoms with E-state index in [9.17, 15) is 4.79 Å². The highest BCUT2D eigenvalue weighted by atomic mass is 32.1. The third kappa shape index (κ3) is 9.01. The second-order valence-electron chi connectivity index (χ2n) is 2.67. The molecule has 1 rings (SSSR count). The number of hydrogen-bond acceptors (Lipinski definition) is 4. The van der Waals surface area contributed by atoms with Crippen molar-refractivity contribution < 1.29 is 19.4 Å². The fourth-order valence-corrected chi connectivity index (χ4v) is 1.40. The van der Waals surface area contributed by atoms with E-state index in [2.05, 4.69) is 5.32 Å². The van der Waals surface area contributed by atoms with Crippen LogP contribution in [-0.2, 0) is 16.1 Å². The Labute approximate surface area is 98.0 Å². The molecule has 0 aliphatic rings. The number of alkyl carbamates (subject to hydrolysis) is 1. The van der Waals surface area contributed by atoms with Crippen LogP contribution in [0.4, 0.5) is 4.79 Å². The summed E-state index contributed by atoms with van der Waals surface area (Å²) in [6, 6.07) is 3.92. The smallest absolute Gasteiger partial charge is 0.407 e. The van der Waals surface area contributed by atoms with Crippen LogP contribution in [0.1, 0.15) is 18.7 Å². The van der Waals surface area contributed by atoms with Crippen LogP contribution < -0.4 is 5.32 Å². The van der Waals surface area contributed by atoms with Crippen molar-refractivity contribution in [2.45, 2.75) is 20.4 Å². The van der Waals surface area contributed by atoms with Crippen LogP contribution in [0, 0.1) is 0 Å². The highest BCUT2D eigenvalue weighted by Crippen LogP contribution is 2.07. The van der Waals surface area contributed by atoms with Gasteiger partial charge >= 0.3 is 6.09 Å². The van der Waals surface area contributed by atoms with Gasteiger partial charge in [0.2, 0.25) is 0 Å². The number of carboxylic acid groups (broad SMARTS) is 1. The van der Waals surface area contributed by atoms with Crippen LogP contribution in [0.5, 0.6) is 0 Å². The molecule has 0 saturated carbocycles. The average molecular weight is 245 g/mol. The van der Waals surface area contributed by atoms with Crippen LogP contribution in [-0.4, -0.2) is 23.8 Å². The minimum absolute atomic E-state index is 0.356. The lowest BCUT2D eigenvalue weighted by Crippen LogP contribution is -2.23. The number of carbonyl (C=O) groups is 2. The molecule has 0 unspecified atom stereocenters. The zero-order valence-electron chi connectivity index (χ0n) is 9.23. The Morgan fingerprint density at radius 2 is 2.19 bits per heavy atom. The van der Waals surface area contributed by atoms with Gasteiger partial charge in [0.15, 0.2) is 0 Å². The first kappa shape index (κ1) is 14.4. The summed E-state index contributed by atoms with van der Waals surface area (Å²) in [6.45, 7) is 3.83. The Balaban J connectivity index is 0.000000487. The van der Waals surface area contributed by atoms with E-state index in [1.54, 1.807) is 18.3 Å². The van der Waals surface area contributed by atoms with Gasteiger partial charge in [0, 0.05) is 11.8 Å². The van der Waals surface area contributed by atoms with Gasteiger partial charge in [-0.3, -0.25) is 4.79 Å². The summed E-state index contributed by atoms with van der Waals surface area (Å²) in [5.41, 5.74) is 0. The first-order chi connectivity index (χ1) is 7.56. The molecule has 0 aromatic carbocycles. The molecule has 0 radical (unpaired) electrons. The van der Waals surface area contributed by atoms with Gasteiger partial charge in [0.25, 0.3) is 5.97 Å². The summed E-state index contributed by atoms with van der Waals surface area (Å²) in [5, 5.41) is 12.0. The topological polar surface area (TPSA) is 75.6 Å². The molecule has 0 fully saturated rings. The lowest BCUT2D eigenvalue weighted by atomic mass is 10.5. The number of aliphatic carboxylic acids is 1. The van der Waals surface area contributed by atoms with E-state index in [-0.39, 0.29) is 6.09 Å². The van der Waals surface area contributed by atoms with E-state index in [1.807, 2.05) is 17.5 Å². The van der Waals surface area contributed by atoms with Crippen molar-refractivity contribution in [1.82, 2.24) is 5.32 Å². The number of amides is 1. The molecule has 0 spiro atoms. The number of carbonyl (C=O) groups excluding carboxylic acids is 1. The van der Waals surface area contributed by atoms with E-state index in [4.69, 9.17) is 14.6 Å². The fraction of sp³-hybridized carbons (Fsp3) is 0.400. The van der Waals surface area contributed by atoms with Gasteiger partial charge in [-0.05, 0) is 18.4 Å². The summed E-state index contributed by atoms with van der Waals surface area (Å²) in [4.78, 5) is 20.9. The Bertz CT molecular complexity index is 307. The third-order valence-electron chi connectivity index (χ3n) is 1.26. The van der Waals surface area contributed by atoms with Crippen LogP contribution in [0.25, 0.3) is 0 Å². The SMILES string of the molecule is CC(=O)O.CCOC(=O)NCc1cccs1. The molecule has 0 aliphatic carbocycles. The summed E-state index contributed by atoms with van der Waals surface area (Å²) in [7, 11) is 0. The Hall–Kier alpha value is -1.56. The van der Waals surface area contributed by atoms with Crippen LogP contribution >= 0.6 is 11.3 Å². The Morgan fingerprint density at radius 3 is 2.62 bits per heavy atom. The molecule has 0 aliphatic heterocycles. The second kappa shape index (κ2) is 8.72. The molecule has 0 bridgehead atoms. The zero-order valence-corrected chi connectivity index (χ0v) is 10.0. The molecule has 90 valence electrons. The van der Waals surface area contributed by atoms with Gasteiger partial charge in [-0.15, -0.1) is 11.3 Å². The summed E-state index contributed by atoms with van der Waals surface area (Å²) < 4.78 is 4.69. The summed E-state index contributed by atoms with van der Waals surface area (Å²) in [5.74, 6) is -0.833. The first-order valence-electron chi connectivity index (χ1n) is 4.68. The predicted molar refractivity (Wildman–Crippen MR) is 61.5 cm³/mol. The van der Waals surface area contributed by atoms with E-state index >= 15 is 0 Å². The highest BCUT2D eigenvalue weighted by Gasteiger charge is 1.99. The standard InChI is InChI=1S/C8H11NO2S.C2H4O2/c1-2-11-8(10)9-6-7-4-3-5-12-7;1-2(3)4/h3-5H,2,6H2,1H3,(H,9,10);1H3,(H,3,4). The highest BCUT2D eigenvalue weighted by molar-refractivity contribution is 7.09. The molecule has 1 aromatic heterocycles. The number of thiophene rings is 1. The molecule has 0 atom stereocenters. The molecule has 6 heteroatoms. The van der Waals surface area contributed by atoms with E-state index in [1.165, 1.54) is 0 Å². The summed E-state index contributed by atoms with van der Waals surface area (Å²) >= 11 is 1.61. The number of rotatable bonds is 3. The summed E-state index contributed by atoms with van der Waals surface area (Å²) in [6.07, 6.45) is -0.356. The van der Waals surface area contributed by atoms with Crippen LogP contribution in [0.15, 0.2) is 17.5 Å². The van der Waals surface area contributed by atoms with Gasteiger partial charge in [0.1, 0.15) is 0 Å². The maximum atomic E-state index is 10.8. The molecule has 1 amide bonds. The minimum atomic E-state index is -0.833. The van der Waals surface area contributed by atoms with Crippen molar-refractivity contribution >= 4 is 23.4 Å². The zero-order chi connectivity index (χ0) is 12.4. The van der Waals surface area contributed by atoms with Gasteiger partial charge in [-0.1, -0.05) is 6.07 Å². The number of carboxylic acids is 1. The van der Waals surface area contributed by atoms with Crippen molar-refractivity contribution in [1.29, 1.82) is 0 Å². The quantitative estimate of drug-likeness (QED) is 0.855. The minimum Gasteiger partial charge on any atom is -0.481 e. The second-order valence-corrected chi connectivity index (χ2v) is 3.70.